The van der Waals surface area contributed by atoms with Crippen molar-refractivity contribution in [2.75, 3.05) is 23.7 Å². The summed E-state index contributed by atoms with van der Waals surface area (Å²) in [5.74, 6) is -0.192. The van der Waals surface area contributed by atoms with Crippen LogP contribution in [0.1, 0.15) is 56.7 Å². The Morgan fingerprint density at radius 3 is 2.29 bits per heavy atom. The highest BCUT2D eigenvalue weighted by atomic mass is 35.5. The molecule has 2 aromatic carbocycles. The van der Waals surface area contributed by atoms with Gasteiger partial charge in [-0.15, -0.1) is 0 Å². The Bertz CT molecular complexity index is 1230. The molecule has 0 aliphatic carbocycles. The molecule has 0 aliphatic heterocycles. The van der Waals surface area contributed by atoms with Crippen LogP contribution in [0.4, 0.5) is 5.69 Å². The van der Waals surface area contributed by atoms with Gasteiger partial charge in [-0.05, 0) is 67.5 Å². The van der Waals surface area contributed by atoms with Gasteiger partial charge in [0.25, 0.3) is 0 Å². The number of hydrogen-bond acceptors (Lipinski definition) is 4. The lowest BCUT2D eigenvalue weighted by atomic mass is 10.1. The van der Waals surface area contributed by atoms with Crippen LogP contribution in [0, 0.1) is 19.8 Å². The van der Waals surface area contributed by atoms with E-state index in [0.717, 1.165) is 16.7 Å². The van der Waals surface area contributed by atoms with Crippen molar-refractivity contribution in [2.45, 2.75) is 66.5 Å². The number of carbonyl (C=O) groups is 2. The third-order valence-corrected chi connectivity index (χ3v) is 8.11. The number of carbonyl (C=O) groups excluding carboxylic acids is 2. The van der Waals surface area contributed by atoms with E-state index in [-0.39, 0.29) is 37.2 Å². The number of nitrogens with one attached hydrogen (secondary N) is 1. The van der Waals surface area contributed by atoms with Crippen molar-refractivity contribution in [2.24, 2.45) is 5.92 Å². The monoisotopic (exact) mass is 583 g/mol. The van der Waals surface area contributed by atoms with Crippen molar-refractivity contribution in [1.29, 1.82) is 0 Å². The topological polar surface area (TPSA) is 86.8 Å². The van der Waals surface area contributed by atoms with Crippen molar-refractivity contribution in [1.82, 2.24) is 10.2 Å². The number of anilines is 1. The van der Waals surface area contributed by atoms with Gasteiger partial charge >= 0.3 is 0 Å². The second kappa shape index (κ2) is 14.2. The zero-order valence-electron chi connectivity index (χ0n) is 23.1. The second-order valence-corrected chi connectivity index (χ2v) is 12.8. The lowest BCUT2D eigenvalue weighted by Crippen LogP contribution is -2.49. The molecule has 210 valence electrons. The highest BCUT2D eigenvalue weighted by Crippen LogP contribution is 2.26. The summed E-state index contributed by atoms with van der Waals surface area (Å²) in [5.41, 5.74) is 3.13. The predicted octanol–water partition coefficient (Wildman–Crippen LogP) is 5.74. The molecule has 0 fully saturated rings. The quantitative estimate of drug-likeness (QED) is 0.326. The highest BCUT2D eigenvalue weighted by Gasteiger charge is 2.29. The molecule has 0 saturated heterocycles. The Kier molecular flexibility index (Phi) is 11.9. The third kappa shape index (κ3) is 9.17. The van der Waals surface area contributed by atoms with Gasteiger partial charge in [-0.1, -0.05) is 62.2 Å². The normalized spacial score (nSPS) is 12.3. The van der Waals surface area contributed by atoms with Crippen LogP contribution in [0.25, 0.3) is 0 Å². The molecule has 1 N–H and O–H groups in total. The molecule has 2 aromatic rings. The van der Waals surface area contributed by atoms with Crippen LogP contribution in [0.2, 0.25) is 10.0 Å². The number of amides is 2. The summed E-state index contributed by atoms with van der Waals surface area (Å²) in [6.45, 7) is 10.5. The number of benzene rings is 2. The molecule has 0 aromatic heterocycles. The molecular weight excluding hydrogens is 545 g/mol. The number of halogens is 2. The third-order valence-electron chi connectivity index (χ3n) is 6.19. The molecule has 2 rings (SSSR count). The van der Waals surface area contributed by atoms with Crippen molar-refractivity contribution in [3.63, 3.8) is 0 Å². The summed E-state index contributed by atoms with van der Waals surface area (Å²) >= 11 is 12.3. The maximum absolute atomic E-state index is 13.6. The molecule has 0 spiro atoms. The van der Waals surface area contributed by atoms with Crippen LogP contribution in [-0.4, -0.2) is 50.5 Å². The van der Waals surface area contributed by atoms with Crippen molar-refractivity contribution < 1.29 is 18.0 Å². The van der Waals surface area contributed by atoms with Gasteiger partial charge in [-0.3, -0.25) is 13.9 Å². The van der Waals surface area contributed by atoms with Crippen LogP contribution < -0.4 is 9.62 Å². The summed E-state index contributed by atoms with van der Waals surface area (Å²) < 4.78 is 26.6. The van der Waals surface area contributed by atoms with E-state index in [2.05, 4.69) is 5.32 Å². The molecule has 10 heteroatoms. The Hall–Kier alpha value is -2.29. The first-order chi connectivity index (χ1) is 17.7. The van der Waals surface area contributed by atoms with Crippen LogP contribution >= 0.6 is 23.2 Å². The Labute approximate surface area is 237 Å². The fourth-order valence-corrected chi connectivity index (χ4v) is 5.48. The van der Waals surface area contributed by atoms with Crippen LogP contribution in [0.3, 0.4) is 0 Å². The average Bonchev–Trinajstić information content (AvgIpc) is 2.83. The maximum atomic E-state index is 13.6. The lowest BCUT2D eigenvalue weighted by Gasteiger charge is -2.31. The van der Waals surface area contributed by atoms with E-state index in [4.69, 9.17) is 23.2 Å². The van der Waals surface area contributed by atoms with Crippen molar-refractivity contribution in [3.8, 4) is 0 Å². The number of hydrogen-bond donors (Lipinski definition) is 1. The molecule has 7 nitrogen and oxygen atoms in total. The Morgan fingerprint density at radius 2 is 1.71 bits per heavy atom. The van der Waals surface area contributed by atoms with Gasteiger partial charge in [0.1, 0.15) is 6.04 Å². The zero-order valence-corrected chi connectivity index (χ0v) is 25.4. The minimum absolute atomic E-state index is 0.0756. The fourth-order valence-electron chi connectivity index (χ4n) is 4.15. The summed E-state index contributed by atoms with van der Waals surface area (Å²) in [6.07, 6.45) is 1.96. The van der Waals surface area contributed by atoms with E-state index in [1.165, 1.54) is 10.6 Å². The van der Waals surface area contributed by atoms with Gasteiger partial charge in [-0.2, -0.15) is 0 Å². The predicted molar refractivity (Wildman–Crippen MR) is 156 cm³/mol. The lowest BCUT2D eigenvalue weighted by molar-refractivity contribution is -0.141. The molecule has 1 atom stereocenters. The number of sulfonamides is 1. The van der Waals surface area contributed by atoms with Gasteiger partial charge in [0.2, 0.25) is 21.8 Å². The standard InChI is InChI=1S/C28H39Cl2N3O4S/c1-7-25(28(35)31-17-19(2)3)32(18-22-12-13-23(29)24(30)16-22)27(34)9-8-14-33(38(6,36)37)26-15-20(4)10-11-21(26)5/h10-13,15-16,19,25H,7-9,14,17-18H2,1-6H3,(H,31,35). The zero-order chi connectivity index (χ0) is 28.6. The summed E-state index contributed by atoms with van der Waals surface area (Å²) in [5, 5.41) is 3.71. The fraction of sp³-hybridized carbons (Fsp3) is 0.500. The van der Waals surface area contributed by atoms with E-state index in [9.17, 15) is 18.0 Å². The van der Waals surface area contributed by atoms with Gasteiger partial charge < -0.3 is 10.2 Å². The Morgan fingerprint density at radius 1 is 1.03 bits per heavy atom. The first-order valence-electron chi connectivity index (χ1n) is 12.8. The molecule has 0 radical (unpaired) electrons. The maximum Gasteiger partial charge on any atom is 0.242 e. The smallest absolute Gasteiger partial charge is 0.242 e. The van der Waals surface area contributed by atoms with Gasteiger partial charge in [0.05, 0.1) is 22.0 Å². The summed E-state index contributed by atoms with van der Waals surface area (Å²) in [4.78, 5) is 28.2. The summed E-state index contributed by atoms with van der Waals surface area (Å²) in [7, 11) is -3.57. The van der Waals surface area contributed by atoms with Crippen LogP contribution in [-0.2, 0) is 26.2 Å². The number of nitrogens with zero attached hydrogens (tertiary/aromatic N) is 2. The molecule has 2 amide bonds. The Balaban J connectivity index is 2.27. The molecular formula is C28H39Cl2N3O4S. The first-order valence-corrected chi connectivity index (χ1v) is 15.4. The molecule has 0 heterocycles. The summed E-state index contributed by atoms with van der Waals surface area (Å²) in [6, 6.07) is 10.1. The van der Waals surface area contributed by atoms with E-state index in [1.54, 1.807) is 23.1 Å². The SMILES string of the molecule is CCC(C(=O)NCC(C)C)N(Cc1ccc(Cl)c(Cl)c1)C(=O)CCCN(c1cc(C)ccc1C)S(C)(=O)=O. The average molecular weight is 585 g/mol. The second-order valence-electron chi connectivity index (χ2n) is 10.1. The van der Waals surface area contributed by atoms with Crippen LogP contribution in [0.15, 0.2) is 36.4 Å². The minimum Gasteiger partial charge on any atom is -0.354 e. The van der Waals surface area contributed by atoms with E-state index in [1.807, 2.05) is 52.8 Å². The van der Waals surface area contributed by atoms with E-state index < -0.39 is 16.1 Å². The van der Waals surface area contributed by atoms with Gasteiger partial charge in [-0.25, -0.2) is 8.42 Å². The van der Waals surface area contributed by atoms with E-state index >= 15 is 0 Å². The molecule has 0 saturated carbocycles. The minimum atomic E-state index is -3.57. The molecule has 0 bridgehead atoms. The largest absolute Gasteiger partial charge is 0.354 e. The van der Waals surface area contributed by atoms with Crippen molar-refractivity contribution in [3.05, 3.63) is 63.1 Å². The van der Waals surface area contributed by atoms with E-state index in [0.29, 0.717) is 35.1 Å². The number of rotatable bonds is 13. The molecule has 1 unspecified atom stereocenters. The molecule has 0 aliphatic rings. The number of aryl methyl sites for hydroxylation is 2. The van der Waals surface area contributed by atoms with Crippen molar-refractivity contribution >= 4 is 50.7 Å². The van der Waals surface area contributed by atoms with Gasteiger partial charge in [0.15, 0.2) is 0 Å². The highest BCUT2D eigenvalue weighted by molar-refractivity contribution is 7.92. The van der Waals surface area contributed by atoms with Crippen LogP contribution in [0.5, 0.6) is 0 Å². The first kappa shape index (κ1) is 31.9. The van der Waals surface area contributed by atoms with Gasteiger partial charge in [0, 0.05) is 26.1 Å². The molecule has 38 heavy (non-hydrogen) atoms.